The van der Waals surface area contributed by atoms with Gasteiger partial charge in [0.15, 0.2) is 5.96 Å². The van der Waals surface area contributed by atoms with Gasteiger partial charge in [-0.3, -0.25) is 4.99 Å². The third kappa shape index (κ3) is 5.34. The molecule has 0 unspecified atom stereocenters. The Labute approximate surface area is 147 Å². The first-order valence-corrected chi connectivity index (χ1v) is 11.0. The summed E-state index contributed by atoms with van der Waals surface area (Å²) in [6, 6.07) is 0. The second-order valence-electron chi connectivity index (χ2n) is 7.64. The summed E-state index contributed by atoms with van der Waals surface area (Å²) in [4.78, 5) is 4.79. The van der Waals surface area contributed by atoms with Crippen LogP contribution in [0.2, 0.25) is 0 Å². The van der Waals surface area contributed by atoms with Crippen LogP contribution >= 0.6 is 0 Å². The number of sulfonamides is 1. The van der Waals surface area contributed by atoms with Gasteiger partial charge in [0.1, 0.15) is 0 Å². The highest BCUT2D eigenvalue weighted by molar-refractivity contribution is 7.89. The molecule has 0 aromatic rings. The maximum atomic E-state index is 11.8. The molecule has 2 fully saturated rings. The highest BCUT2D eigenvalue weighted by Gasteiger charge is 2.37. The summed E-state index contributed by atoms with van der Waals surface area (Å²) in [5, 5.41) is 6.57. The van der Waals surface area contributed by atoms with Gasteiger partial charge >= 0.3 is 0 Å². The Bertz CT molecular complexity index is 527. The van der Waals surface area contributed by atoms with Crippen LogP contribution in [0.3, 0.4) is 0 Å². The van der Waals surface area contributed by atoms with Crippen molar-refractivity contribution in [1.82, 2.24) is 14.9 Å². The molecule has 1 heterocycles. The molecular formula is C17H34N4O2S. The molecule has 1 saturated carbocycles. The minimum atomic E-state index is -3.01. The number of hydrogen-bond donors (Lipinski definition) is 2. The van der Waals surface area contributed by atoms with E-state index >= 15 is 0 Å². The fourth-order valence-corrected chi connectivity index (χ4v) is 5.33. The molecule has 0 amide bonds. The van der Waals surface area contributed by atoms with E-state index in [-0.39, 0.29) is 0 Å². The summed E-state index contributed by atoms with van der Waals surface area (Å²) >= 11 is 0. The molecule has 0 aromatic heterocycles. The number of rotatable bonds is 8. The van der Waals surface area contributed by atoms with Gasteiger partial charge in [0.25, 0.3) is 0 Å². The number of nitrogens with zero attached hydrogens (tertiary/aromatic N) is 2. The Kier molecular flexibility index (Phi) is 6.92. The van der Waals surface area contributed by atoms with E-state index in [1.807, 2.05) is 0 Å². The van der Waals surface area contributed by atoms with E-state index < -0.39 is 10.0 Å². The van der Waals surface area contributed by atoms with E-state index in [0.29, 0.717) is 36.7 Å². The zero-order valence-corrected chi connectivity index (χ0v) is 16.3. The van der Waals surface area contributed by atoms with E-state index in [1.54, 1.807) is 4.31 Å². The topological polar surface area (TPSA) is 73.8 Å². The first kappa shape index (κ1) is 19.5. The van der Waals surface area contributed by atoms with Crippen molar-refractivity contribution >= 4 is 16.0 Å². The molecule has 0 atom stereocenters. The van der Waals surface area contributed by atoms with Gasteiger partial charge in [-0.15, -0.1) is 0 Å². The fraction of sp³-hybridized carbons (Fsp3) is 0.941. The molecule has 2 aliphatic rings. The van der Waals surface area contributed by atoms with Crippen LogP contribution in [0.25, 0.3) is 0 Å². The van der Waals surface area contributed by atoms with Crippen molar-refractivity contribution in [2.45, 2.75) is 52.9 Å². The van der Waals surface area contributed by atoms with E-state index in [9.17, 15) is 8.42 Å². The Balaban J connectivity index is 1.84. The maximum Gasteiger partial charge on any atom is 0.214 e. The normalized spacial score (nSPS) is 23.2. The Morgan fingerprint density at radius 2 is 2.00 bits per heavy atom. The molecule has 0 radical (unpaired) electrons. The zero-order valence-electron chi connectivity index (χ0n) is 15.5. The predicted molar refractivity (Wildman–Crippen MR) is 99.7 cm³/mol. The number of aliphatic imine (C=N–C) groups is 1. The summed E-state index contributed by atoms with van der Waals surface area (Å²) in [5.74, 6) is 1.80. The van der Waals surface area contributed by atoms with Crippen molar-refractivity contribution in [2.75, 3.05) is 38.5 Å². The lowest BCUT2D eigenvalue weighted by Crippen LogP contribution is -2.43. The number of guanidine groups is 1. The quantitative estimate of drug-likeness (QED) is 0.512. The van der Waals surface area contributed by atoms with Gasteiger partial charge in [-0.1, -0.05) is 20.3 Å². The maximum absolute atomic E-state index is 11.8. The van der Waals surface area contributed by atoms with Crippen molar-refractivity contribution in [2.24, 2.45) is 16.3 Å². The average Bonchev–Trinajstić information content (AvgIpc) is 2.80. The fourth-order valence-electron chi connectivity index (χ4n) is 3.80. The smallest absolute Gasteiger partial charge is 0.214 e. The standard InChI is InChI=1S/C17H34N4O2S/c1-4-18-16(19-9-11-21-10-6-12-24(21,22)23)20-14-17(7-5-8-17)13-15(2)3/h15H,4-14H2,1-3H3,(H2,18,19,20). The number of hydrogen-bond acceptors (Lipinski definition) is 3. The summed E-state index contributed by atoms with van der Waals surface area (Å²) in [6.07, 6.45) is 5.86. The largest absolute Gasteiger partial charge is 0.357 e. The van der Waals surface area contributed by atoms with Crippen molar-refractivity contribution < 1.29 is 8.42 Å². The highest BCUT2D eigenvalue weighted by Crippen LogP contribution is 2.46. The minimum absolute atomic E-state index is 0.291. The van der Waals surface area contributed by atoms with Gasteiger partial charge in [0.2, 0.25) is 10.0 Å². The molecule has 0 aromatic carbocycles. The van der Waals surface area contributed by atoms with Gasteiger partial charge in [-0.05, 0) is 43.9 Å². The van der Waals surface area contributed by atoms with Gasteiger partial charge in [0.05, 0.1) is 5.75 Å². The van der Waals surface area contributed by atoms with Gasteiger partial charge in [0, 0.05) is 32.7 Å². The zero-order chi connectivity index (χ0) is 17.6. The molecule has 140 valence electrons. The molecule has 1 aliphatic carbocycles. The van der Waals surface area contributed by atoms with E-state index in [1.165, 1.54) is 25.7 Å². The summed E-state index contributed by atoms with van der Waals surface area (Å²) in [6.45, 7) is 10.1. The van der Waals surface area contributed by atoms with Crippen molar-refractivity contribution in [3.63, 3.8) is 0 Å². The summed E-state index contributed by atoms with van der Waals surface area (Å²) < 4.78 is 25.2. The highest BCUT2D eigenvalue weighted by atomic mass is 32.2. The lowest BCUT2D eigenvalue weighted by Gasteiger charge is -2.42. The van der Waals surface area contributed by atoms with Crippen LogP contribution in [0.5, 0.6) is 0 Å². The van der Waals surface area contributed by atoms with Crippen LogP contribution in [0.4, 0.5) is 0 Å². The van der Waals surface area contributed by atoms with Crippen LogP contribution in [-0.2, 0) is 10.0 Å². The molecule has 24 heavy (non-hydrogen) atoms. The monoisotopic (exact) mass is 358 g/mol. The van der Waals surface area contributed by atoms with Crippen LogP contribution in [0, 0.1) is 11.3 Å². The average molecular weight is 359 g/mol. The molecule has 1 saturated heterocycles. The second-order valence-corrected chi connectivity index (χ2v) is 9.73. The Morgan fingerprint density at radius 1 is 1.25 bits per heavy atom. The molecule has 0 bridgehead atoms. The summed E-state index contributed by atoms with van der Waals surface area (Å²) in [7, 11) is -3.01. The molecule has 7 heteroatoms. The molecular weight excluding hydrogens is 324 g/mol. The third-order valence-corrected chi connectivity index (χ3v) is 6.99. The van der Waals surface area contributed by atoms with Crippen molar-refractivity contribution in [1.29, 1.82) is 0 Å². The van der Waals surface area contributed by atoms with Gasteiger partial charge in [-0.2, -0.15) is 0 Å². The molecule has 2 N–H and O–H groups in total. The first-order chi connectivity index (χ1) is 11.4. The third-order valence-electron chi connectivity index (χ3n) is 5.03. The SMILES string of the molecule is CCNC(=NCC1(CC(C)C)CCC1)NCCN1CCCS1(=O)=O. The minimum Gasteiger partial charge on any atom is -0.357 e. The molecule has 1 aliphatic heterocycles. The van der Waals surface area contributed by atoms with Crippen molar-refractivity contribution in [3.8, 4) is 0 Å². The van der Waals surface area contributed by atoms with Crippen LogP contribution < -0.4 is 10.6 Å². The Morgan fingerprint density at radius 3 is 2.50 bits per heavy atom. The van der Waals surface area contributed by atoms with Crippen LogP contribution in [0.1, 0.15) is 52.9 Å². The second kappa shape index (κ2) is 8.52. The van der Waals surface area contributed by atoms with E-state index in [2.05, 4.69) is 31.4 Å². The molecule has 6 nitrogen and oxygen atoms in total. The molecule has 2 rings (SSSR count). The van der Waals surface area contributed by atoms with Crippen LogP contribution in [-0.4, -0.2) is 57.2 Å². The van der Waals surface area contributed by atoms with Gasteiger partial charge < -0.3 is 10.6 Å². The van der Waals surface area contributed by atoms with Crippen LogP contribution in [0.15, 0.2) is 4.99 Å². The molecule has 0 spiro atoms. The van der Waals surface area contributed by atoms with Crippen molar-refractivity contribution in [3.05, 3.63) is 0 Å². The summed E-state index contributed by atoms with van der Waals surface area (Å²) in [5.41, 5.74) is 0.384. The number of nitrogens with one attached hydrogen (secondary N) is 2. The van der Waals surface area contributed by atoms with E-state index in [4.69, 9.17) is 4.99 Å². The first-order valence-electron chi connectivity index (χ1n) is 9.37. The van der Waals surface area contributed by atoms with E-state index in [0.717, 1.165) is 25.5 Å². The lowest BCUT2D eigenvalue weighted by molar-refractivity contribution is 0.111. The lowest BCUT2D eigenvalue weighted by atomic mass is 9.64. The predicted octanol–water partition coefficient (Wildman–Crippen LogP) is 1.79. The van der Waals surface area contributed by atoms with Gasteiger partial charge in [-0.25, -0.2) is 12.7 Å². The Hall–Kier alpha value is -0.820.